The van der Waals surface area contributed by atoms with Crippen LogP contribution >= 0.6 is 0 Å². The first-order chi connectivity index (χ1) is 9.37. The number of hydrogen-bond acceptors (Lipinski definition) is 2. The van der Waals surface area contributed by atoms with Crippen molar-refractivity contribution in [2.75, 3.05) is 5.32 Å². The zero-order valence-electron chi connectivity index (χ0n) is 11.5. The van der Waals surface area contributed by atoms with Crippen molar-refractivity contribution >= 4 is 23.8 Å². The molecule has 20 heavy (non-hydrogen) atoms. The standard InChI is InChI=1S/C15H18N2O3/c1-15(2)9-12(15)17-14(20)16-11-5-3-4-10(8-11)6-7-13(18)19/h3-8,12H,9H2,1-2H3,(H,18,19)(H2,16,17,20)/b7-6+. The minimum atomic E-state index is -1.00. The van der Waals surface area contributed by atoms with Crippen LogP contribution in [0.25, 0.3) is 6.08 Å². The Hall–Kier alpha value is -2.30. The number of carboxylic acids is 1. The van der Waals surface area contributed by atoms with Gasteiger partial charge in [-0.15, -0.1) is 0 Å². The molecule has 0 saturated heterocycles. The van der Waals surface area contributed by atoms with E-state index in [0.717, 1.165) is 18.1 Å². The monoisotopic (exact) mass is 274 g/mol. The topological polar surface area (TPSA) is 78.4 Å². The van der Waals surface area contributed by atoms with Crippen LogP contribution in [0.15, 0.2) is 30.3 Å². The molecule has 1 unspecified atom stereocenters. The van der Waals surface area contributed by atoms with Gasteiger partial charge in [0.2, 0.25) is 0 Å². The van der Waals surface area contributed by atoms with Crippen LogP contribution in [0.1, 0.15) is 25.8 Å². The summed E-state index contributed by atoms with van der Waals surface area (Å²) >= 11 is 0. The van der Waals surface area contributed by atoms with E-state index in [1.807, 2.05) is 0 Å². The maximum atomic E-state index is 11.8. The van der Waals surface area contributed by atoms with Crippen LogP contribution in [0.4, 0.5) is 10.5 Å². The number of carbonyl (C=O) groups excluding carboxylic acids is 1. The predicted octanol–water partition coefficient (Wildman–Crippen LogP) is 2.70. The van der Waals surface area contributed by atoms with Crippen LogP contribution < -0.4 is 10.6 Å². The zero-order valence-corrected chi connectivity index (χ0v) is 11.5. The van der Waals surface area contributed by atoms with Gasteiger partial charge in [0.15, 0.2) is 0 Å². The summed E-state index contributed by atoms with van der Waals surface area (Å²) in [5.41, 5.74) is 1.54. The Morgan fingerprint density at radius 1 is 1.40 bits per heavy atom. The highest BCUT2D eigenvalue weighted by Crippen LogP contribution is 2.44. The average Bonchev–Trinajstić information content (AvgIpc) is 2.94. The van der Waals surface area contributed by atoms with Gasteiger partial charge in [-0.05, 0) is 35.6 Å². The van der Waals surface area contributed by atoms with Gasteiger partial charge in [0.05, 0.1) is 0 Å². The molecule has 0 aliphatic heterocycles. The Balaban J connectivity index is 1.94. The van der Waals surface area contributed by atoms with Gasteiger partial charge in [-0.1, -0.05) is 26.0 Å². The van der Waals surface area contributed by atoms with Gasteiger partial charge in [0.25, 0.3) is 0 Å². The number of amides is 2. The molecule has 1 saturated carbocycles. The SMILES string of the molecule is CC1(C)CC1NC(=O)Nc1cccc(/C=C/C(=O)O)c1. The molecule has 2 amide bonds. The van der Waals surface area contributed by atoms with Crippen LogP contribution in [0.2, 0.25) is 0 Å². The number of carboxylic acid groups (broad SMARTS) is 1. The Bertz CT molecular complexity index is 564. The lowest BCUT2D eigenvalue weighted by molar-refractivity contribution is -0.131. The smallest absolute Gasteiger partial charge is 0.328 e. The Kier molecular flexibility index (Phi) is 3.79. The molecule has 3 N–H and O–H groups in total. The van der Waals surface area contributed by atoms with E-state index in [2.05, 4.69) is 24.5 Å². The van der Waals surface area contributed by atoms with E-state index in [1.54, 1.807) is 24.3 Å². The number of urea groups is 1. The molecule has 0 aromatic heterocycles. The van der Waals surface area contributed by atoms with E-state index in [9.17, 15) is 9.59 Å². The first kappa shape index (κ1) is 14.1. The lowest BCUT2D eigenvalue weighted by Crippen LogP contribution is -2.32. The van der Waals surface area contributed by atoms with Gasteiger partial charge in [-0.3, -0.25) is 0 Å². The zero-order chi connectivity index (χ0) is 14.8. The molecule has 1 aromatic carbocycles. The number of rotatable bonds is 4. The maximum absolute atomic E-state index is 11.8. The number of hydrogen-bond donors (Lipinski definition) is 3. The van der Waals surface area contributed by atoms with Gasteiger partial charge in [-0.25, -0.2) is 9.59 Å². The first-order valence-corrected chi connectivity index (χ1v) is 6.45. The molecule has 1 atom stereocenters. The van der Waals surface area contributed by atoms with Crippen molar-refractivity contribution in [2.45, 2.75) is 26.3 Å². The lowest BCUT2D eigenvalue weighted by Gasteiger charge is -2.09. The second-order valence-corrected chi connectivity index (χ2v) is 5.64. The Morgan fingerprint density at radius 2 is 2.10 bits per heavy atom. The highest BCUT2D eigenvalue weighted by Gasteiger charge is 2.46. The fourth-order valence-electron chi connectivity index (χ4n) is 1.93. The molecule has 106 valence electrons. The average molecular weight is 274 g/mol. The second-order valence-electron chi connectivity index (χ2n) is 5.64. The number of carbonyl (C=O) groups is 2. The number of anilines is 1. The van der Waals surface area contributed by atoms with E-state index in [0.29, 0.717) is 5.69 Å². The summed E-state index contributed by atoms with van der Waals surface area (Å²) < 4.78 is 0. The number of benzene rings is 1. The van der Waals surface area contributed by atoms with E-state index in [-0.39, 0.29) is 17.5 Å². The van der Waals surface area contributed by atoms with Crippen LogP contribution in [0, 0.1) is 5.41 Å². The second kappa shape index (κ2) is 5.36. The molecule has 0 heterocycles. The largest absolute Gasteiger partial charge is 0.478 e. The molecule has 1 aromatic rings. The molecule has 0 spiro atoms. The summed E-state index contributed by atoms with van der Waals surface area (Å²) in [6.45, 7) is 4.21. The van der Waals surface area contributed by atoms with Crippen LogP contribution in [-0.2, 0) is 4.79 Å². The van der Waals surface area contributed by atoms with Crippen molar-refractivity contribution in [3.63, 3.8) is 0 Å². The minimum absolute atomic E-state index is 0.184. The van der Waals surface area contributed by atoms with Gasteiger partial charge in [0, 0.05) is 17.8 Å². The molecule has 1 aliphatic carbocycles. The molecular formula is C15H18N2O3. The van der Waals surface area contributed by atoms with Crippen LogP contribution in [0.5, 0.6) is 0 Å². The maximum Gasteiger partial charge on any atom is 0.328 e. The molecule has 2 rings (SSSR count). The van der Waals surface area contributed by atoms with Crippen LogP contribution in [-0.4, -0.2) is 23.1 Å². The normalized spacial score (nSPS) is 19.6. The van der Waals surface area contributed by atoms with E-state index < -0.39 is 5.97 Å². The summed E-state index contributed by atoms with van der Waals surface area (Å²) in [7, 11) is 0. The highest BCUT2D eigenvalue weighted by atomic mass is 16.4. The van der Waals surface area contributed by atoms with E-state index >= 15 is 0 Å². The molecule has 0 radical (unpaired) electrons. The number of aliphatic carboxylic acids is 1. The van der Waals surface area contributed by atoms with Gasteiger partial charge >= 0.3 is 12.0 Å². The quantitative estimate of drug-likeness (QED) is 0.739. The summed E-state index contributed by atoms with van der Waals surface area (Å²) in [6, 6.07) is 7.00. The minimum Gasteiger partial charge on any atom is -0.478 e. The first-order valence-electron chi connectivity index (χ1n) is 6.45. The van der Waals surface area contributed by atoms with E-state index in [4.69, 9.17) is 5.11 Å². The van der Waals surface area contributed by atoms with Crippen molar-refractivity contribution in [2.24, 2.45) is 5.41 Å². The molecule has 5 nitrogen and oxygen atoms in total. The van der Waals surface area contributed by atoms with Crippen molar-refractivity contribution in [1.82, 2.24) is 5.32 Å². The summed E-state index contributed by atoms with van der Waals surface area (Å²) in [5.74, 6) is -1.00. The summed E-state index contributed by atoms with van der Waals surface area (Å²) in [4.78, 5) is 22.3. The van der Waals surface area contributed by atoms with Crippen molar-refractivity contribution < 1.29 is 14.7 Å². The third-order valence-corrected chi connectivity index (χ3v) is 3.38. The number of nitrogens with one attached hydrogen (secondary N) is 2. The van der Waals surface area contributed by atoms with Crippen molar-refractivity contribution in [3.8, 4) is 0 Å². The Morgan fingerprint density at radius 3 is 2.70 bits per heavy atom. The Labute approximate surface area is 117 Å². The predicted molar refractivity (Wildman–Crippen MR) is 77.5 cm³/mol. The molecule has 1 fully saturated rings. The lowest BCUT2D eigenvalue weighted by atomic mass is 10.2. The van der Waals surface area contributed by atoms with Crippen molar-refractivity contribution in [3.05, 3.63) is 35.9 Å². The third kappa shape index (κ3) is 3.85. The fraction of sp³-hybridized carbons (Fsp3) is 0.333. The summed E-state index contributed by atoms with van der Waals surface area (Å²) in [6.07, 6.45) is 3.53. The summed E-state index contributed by atoms with van der Waals surface area (Å²) in [5, 5.41) is 14.2. The van der Waals surface area contributed by atoms with E-state index in [1.165, 1.54) is 6.08 Å². The van der Waals surface area contributed by atoms with Gasteiger partial charge in [0.1, 0.15) is 0 Å². The van der Waals surface area contributed by atoms with Gasteiger partial charge < -0.3 is 15.7 Å². The molecule has 5 heteroatoms. The van der Waals surface area contributed by atoms with Crippen molar-refractivity contribution in [1.29, 1.82) is 0 Å². The molecule has 0 bridgehead atoms. The fourth-order valence-corrected chi connectivity index (χ4v) is 1.93. The third-order valence-electron chi connectivity index (χ3n) is 3.38. The van der Waals surface area contributed by atoms with Gasteiger partial charge in [-0.2, -0.15) is 0 Å². The van der Waals surface area contributed by atoms with Crippen LogP contribution in [0.3, 0.4) is 0 Å². The molecule has 1 aliphatic rings. The molecular weight excluding hydrogens is 256 g/mol. The highest BCUT2D eigenvalue weighted by molar-refractivity contribution is 5.90.